The number of nitrogens with two attached hydrogens (primary N) is 1. The molecule has 3 aromatic rings. The van der Waals surface area contributed by atoms with E-state index in [0.717, 1.165) is 6.21 Å². The molecule has 0 spiro atoms. The van der Waals surface area contributed by atoms with Gasteiger partial charge in [-0.2, -0.15) is 0 Å². The number of anilines is 4. The van der Waals surface area contributed by atoms with Gasteiger partial charge in [0.05, 0.1) is 46.0 Å². The van der Waals surface area contributed by atoms with Gasteiger partial charge in [0.25, 0.3) is 0 Å². The van der Waals surface area contributed by atoms with E-state index in [4.69, 9.17) is 22.7 Å². The first-order chi connectivity index (χ1) is 21.3. The van der Waals surface area contributed by atoms with Crippen LogP contribution in [0.5, 0.6) is 0 Å². The van der Waals surface area contributed by atoms with E-state index in [1.807, 2.05) is 0 Å². The summed E-state index contributed by atoms with van der Waals surface area (Å²) in [6, 6.07) is 3.59. The molecule has 0 saturated carbocycles. The smallest absolute Gasteiger partial charge is 0.249 e. The first-order valence-electron chi connectivity index (χ1n) is 14.3. The number of aryl methyl sites for hydroxylation is 2. The molecule has 2 amide bonds. The molecule has 3 atom stereocenters. The number of carbonyl (C=O) groups excluding carboxylic acids is 2. The Morgan fingerprint density at radius 3 is 2.60 bits per heavy atom. The lowest BCUT2D eigenvalue weighted by Gasteiger charge is -2.44. The molecule has 2 aliphatic heterocycles. The fourth-order valence-electron chi connectivity index (χ4n) is 6.02. The minimum Gasteiger partial charge on any atom is -0.398 e. The van der Waals surface area contributed by atoms with Crippen molar-refractivity contribution in [3.05, 3.63) is 75.8 Å². The molecule has 0 bridgehead atoms. The van der Waals surface area contributed by atoms with Crippen molar-refractivity contribution in [2.24, 2.45) is 0 Å². The van der Waals surface area contributed by atoms with Crippen LogP contribution in [0.3, 0.4) is 0 Å². The van der Waals surface area contributed by atoms with E-state index in [0.29, 0.717) is 22.5 Å². The van der Waals surface area contributed by atoms with Crippen molar-refractivity contribution in [1.29, 1.82) is 10.8 Å². The van der Waals surface area contributed by atoms with Gasteiger partial charge in [-0.25, -0.2) is 4.39 Å². The fourth-order valence-corrected chi connectivity index (χ4v) is 6.34. The highest BCUT2D eigenvalue weighted by atomic mass is 35.5. The Kier molecular flexibility index (Phi) is 8.39. The van der Waals surface area contributed by atoms with E-state index in [9.17, 15) is 20.1 Å². The molecule has 2 aliphatic rings. The van der Waals surface area contributed by atoms with Crippen molar-refractivity contribution in [3.63, 3.8) is 0 Å². The zero-order chi connectivity index (χ0) is 32.9. The summed E-state index contributed by atoms with van der Waals surface area (Å²) < 4.78 is 17.0. The fraction of sp³-hybridized carbons (Fsp3) is 0.281. The minimum absolute atomic E-state index is 0.0226. The third-order valence-electron chi connectivity index (χ3n) is 8.37. The number of amides is 2. The number of rotatable bonds is 6. The number of aliphatic hydroxyl groups is 1. The van der Waals surface area contributed by atoms with Crippen LogP contribution in [-0.2, 0) is 9.59 Å². The molecule has 2 aromatic carbocycles. The topological polar surface area (TPSA) is 172 Å². The maximum Gasteiger partial charge on any atom is 0.249 e. The summed E-state index contributed by atoms with van der Waals surface area (Å²) in [5.74, 6) is -2.10. The second-order valence-electron chi connectivity index (χ2n) is 11.3. The molecule has 1 fully saturated rings. The van der Waals surface area contributed by atoms with Gasteiger partial charge in [0.1, 0.15) is 11.9 Å². The number of nitrogens with zero attached hydrogens (tertiary/aromatic N) is 3. The summed E-state index contributed by atoms with van der Waals surface area (Å²) in [6.45, 7) is 10.5. The van der Waals surface area contributed by atoms with Gasteiger partial charge in [0.2, 0.25) is 11.8 Å². The van der Waals surface area contributed by atoms with Crippen LogP contribution in [-0.4, -0.2) is 68.9 Å². The summed E-state index contributed by atoms with van der Waals surface area (Å²) in [5.41, 5.74) is 8.46. The number of aromatic nitrogens is 1. The molecule has 11 nitrogen and oxygen atoms in total. The van der Waals surface area contributed by atoms with Crippen molar-refractivity contribution < 1.29 is 19.1 Å². The van der Waals surface area contributed by atoms with Gasteiger partial charge in [-0.1, -0.05) is 24.2 Å². The number of piperazine rings is 1. The molecule has 0 radical (unpaired) electrons. The second-order valence-corrected chi connectivity index (χ2v) is 11.6. The first-order valence-corrected chi connectivity index (χ1v) is 14.6. The van der Waals surface area contributed by atoms with E-state index in [1.54, 1.807) is 52.1 Å². The molecule has 3 unspecified atom stereocenters. The van der Waals surface area contributed by atoms with Gasteiger partial charge >= 0.3 is 0 Å². The van der Waals surface area contributed by atoms with E-state index in [1.165, 1.54) is 15.9 Å². The summed E-state index contributed by atoms with van der Waals surface area (Å²) in [6.07, 6.45) is 2.73. The molecule has 13 heteroatoms. The zero-order valence-corrected chi connectivity index (χ0v) is 26.0. The van der Waals surface area contributed by atoms with Crippen LogP contribution in [0.25, 0.3) is 11.1 Å². The number of aliphatic hydroxyl groups excluding tert-OH is 1. The normalized spacial score (nSPS) is 18.4. The average Bonchev–Trinajstić information content (AvgIpc) is 3.10. The van der Waals surface area contributed by atoms with Crippen molar-refractivity contribution in [3.8, 4) is 11.1 Å². The van der Waals surface area contributed by atoms with E-state index in [2.05, 4.69) is 22.2 Å². The van der Waals surface area contributed by atoms with Crippen LogP contribution in [0.4, 0.5) is 27.1 Å². The molecule has 234 valence electrons. The molecular formula is C32H34ClFN8O3. The molecule has 5 rings (SSSR count). The van der Waals surface area contributed by atoms with Crippen molar-refractivity contribution >= 4 is 58.2 Å². The Morgan fingerprint density at radius 1 is 1.24 bits per heavy atom. The summed E-state index contributed by atoms with van der Waals surface area (Å²) in [7, 11) is 0. The van der Waals surface area contributed by atoms with Gasteiger partial charge < -0.3 is 36.7 Å². The summed E-state index contributed by atoms with van der Waals surface area (Å²) >= 11 is 7.12. The number of halogens is 2. The lowest BCUT2D eigenvalue weighted by molar-refractivity contribution is -0.133. The van der Waals surface area contributed by atoms with E-state index in [-0.39, 0.29) is 69.2 Å². The Morgan fingerprint density at radius 2 is 1.96 bits per heavy atom. The van der Waals surface area contributed by atoms with Crippen LogP contribution in [0.1, 0.15) is 47.9 Å². The van der Waals surface area contributed by atoms with Crippen molar-refractivity contribution in [2.45, 2.75) is 45.9 Å². The van der Waals surface area contributed by atoms with Gasteiger partial charge in [0, 0.05) is 41.8 Å². The highest BCUT2D eigenvalue weighted by Crippen LogP contribution is 2.49. The quantitative estimate of drug-likeness (QED) is 0.127. The number of benzene rings is 2. The van der Waals surface area contributed by atoms with Crippen LogP contribution in [0.15, 0.2) is 37.1 Å². The van der Waals surface area contributed by atoms with Gasteiger partial charge in [-0.05, 0) is 62.6 Å². The number of pyridine rings is 1. The van der Waals surface area contributed by atoms with Crippen LogP contribution >= 0.6 is 11.6 Å². The number of hydrogen-bond acceptors (Lipinski definition) is 8. The van der Waals surface area contributed by atoms with Crippen LogP contribution in [0.2, 0.25) is 5.02 Å². The molecule has 7 N–H and O–H groups in total. The minimum atomic E-state index is -1.01. The third kappa shape index (κ3) is 5.19. The number of nitrogen functional groups attached to an aromatic ring is 1. The lowest BCUT2D eigenvalue weighted by Crippen LogP contribution is -2.62. The molecule has 3 heterocycles. The van der Waals surface area contributed by atoms with Crippen molar-refractivity contribution in [2.75, 3.05) is 29.5 Å². The SMILES string of the molecule is C=CC(=O)N1CC2C(=O)Nc3c(F)c(-c4c(C)ccc(N)c4C=N)c(Cl)c(Nc4c(C)ccnc4C(C)O)c3C(=N)N2CC1C. The Hall–Kier alpha value is -4.81. The van der Waals surface area contributed by atoms with Gasteiger partial charge in [0.15, 0.2) is 5.82 Å². The highest BCUT2D eigenvalue weighted by molar-refractivity contribution is 6.38. The number of amidine groups is 1. The number of fused-ring (bicyclic) bond motifs is 2. The molecule has 1 aromatic heterocycles. The summed E-state index contributed by atoms with van der Waals surface area (Å²) in [4.78, 5) is 33.7. The monoisotopic (exact) mass is 632 g/mol. The van der Waals surface area contributed by atoms with Crippen LogP contribution in [0, 0.1) is 30.5 Å². The molecular weight excluding hydrogens is 599 g/mol. The van der Waals surface area contributed by atoms with Crippen LogP contribution < -0.4 is 16.4 Å². The predicted octanol–water partition coefficient (Wildman–Crippen LogP) is 4.90. The Labute approximate surface area is 264 Å². The lowest BCUT2D eigenvalue weighted by atomic mass is 9.91. The van der Waals surface area contributed by atoms with Gasteiger partial charge in [-0.15, -0.1) is 0 Å². The van der Waals surface area contributed by atoms with Crippen molar-refractivity contribution in [1.82, 2.24) is 14.8 Å². The largest absolute Gasteiger partial charge is 0.398 e. The number of nitrogens with one attached hydrogen (secondary N) is 4. The number of carbonyl (C=O) groups is 2. The molecule has 0 aliphatic carbocycles. The van der Waals surface area contributed by atoms with Gasteiger partial charge in [-0.3, -0.25) is 20.0 Å². The maximum atomic E-state index is 17.0. The molecule has 1 saturated heterocycles. The third-order valence-corrected chi connectivity index (χ3v) is 8.74. The maximum absolute atomic E-state index is 17.0. The standard InChI is InChI=1S/C32H34ClFN8O3/c1-6-21(44)41-13-20-32(45)40-30-24(31(37)42(20)12-16(41)4)29(39-27-15(3)9-10-38-28(27)17(5)43)25(33)23(26(30)34)22-14(2)7-8-19(36)18(22)11-35/h6-11,16-17,20,35,37,39,43H,1,12-13,36H2,2-5H3,(H,40,45). The second kappa shape index (κ2) is 11.9. The molecule has 45 heavy (non-hydrogen) atoms. The first kappa shape index (κ1) is 31.6. The highest BCUT2D eigenvalue weighted by Gasteiger charge is 2.44. The predicted molar refractivity (Wildman–Crippen MR) is 174 cm³/mol. The number of hydrogen-bond donors (Lipinski definition) is 6. The zero-order valence-electron chi connectivity index (χ0n) is 25.3. The summed E-state index contributed by atoms with van der Waals surface area (Å²) in [5, 5.41) is 33.8. The van der Waals surface area contributed by atoms with E-state index < -0.39 is 29.9 Å². The Bertz CT molecular complexity index is 1790. The Balaban J connectivity index is 1.84. The van der Waals surface area contributed by atoms with E-state index >= 15 is 4.39 Å². The average molecular weight is 633 g/mol.